The molecule has 0 radical (unpaired) electrons. The van der Waals surface area contributed by atoms with E-state index in [0.717, 1.165) is 4.90 Å². The fourth-order valence-electron chi connectivity index (χ4n) is 2.30. The third-order valence-corrected chi connectivity index (χ3v) is 3.27. The molecule has 0 aromatic carbocycles. The van der Waals surface area contributed by atoms with Crippen LogP contribution in [0.2, 0.25) is 0 Å². The highest BCUT2D eigenvalue weighted by Crippen LogP contribution is 2.33. The summed E-state index contributed by atoms with van der Waals surface area (Å²) in [5, 5.41) is 0. The number of hydrogen-bond donors (Lipinski definition) is 0. The van der Waals surface area contributed by atoms with Crippen molar-refractivity contribution in [3.8, 4) is 0 Å². The maximum Gasteiger partial charge on any atom is 0.423 e. The van der Waals surface area contributed by atoms with Gasteiger partial charge in [-0.2, -0.15) is 13.2 Å². The Morgan fingerprint density at radius 2 is 1.84 bits per heavy atom. The van der Waals surface area contributed by atoms with Crippen LogP contribution >= 0.6 is 0 Å². The van der Waals surface area contributed by atoms with Crippen LogP contribution in [-0.4, -0.2) is 53.7 Å². The van der Waals surface area contributed by atoms with Gasteiger partial charge >= 0.3 is 18.2 Å². The molecule has 0 aromatic rings. The van der Waals surface area contributed by atoms with Gasteiger partial charge in [-0.15, -0.1) is 0 Å². The van der Waals surface area contributed by atoms with E-state index in [1.807, 2.05) is 0 Å². The zero-order valence-corrected chi connectivity index (χ0v) is 15.2. The molecule has 1 amide bonds. The monoisotopic (exact) mass is 367 g/mol. The first kappa shape index (κ1) is 21.3. The lowest BCUT2D eigenvalue weighted by molar-refractivity contribution is -0.150. The van der Waals surface area contributed by atoms with Crippen molar-refractivity contribution in [3.63, 3.8) is 0 Å². The van der Waals surface area contributed by atoms with E-state index in [1.165, 1.54) is 20.8 Å². The second-order valence-electron chi connectivity index (χ2n) is 6.97. The van der Waals surface area contributed by atoms with Crippen LogP contribution in [0.1, 0.15) is 41.5 Å². The van der Waals surface area contributed by atoms with Gasteiger partial charge < -0.3 is 14.2 Å². The number of halogens is 3. The topological polar surface area (TPSA) is 65.1 Å². The van der Waals surface area contributed by atoms with Gasteiger partial charge in [0, 0.05) is 0 Å². The van der Waals surface area contributed by atoms with Gasteiger partial charge in [-0.3, -0.25) is 4.90 Å². The summed E-state index contributed by atoms with van der Waals surface area (Å²) >= 11 is 0. The lowest BCUT2D eigenvalue weighted by atomic mass is 10.1. The first-order valence-corrected chi connectivity index (χ1v) is 7.81. The Morgan fingerprint density at radius 1 is 1.28 bits per heavy atom. The number of carbonyl (C=O) groups is 2. The Kier molecular flexibility index (Phi) is 6.15. The molecule has 1 atom stereocenters. The average molecular weight is 367 g/mol. The van der Waals surface area contributed by atoms with Gasteiger partial charge in [-0.25, -0.2) is 9.59 Å². The Hall–Kier alpha value is -1.77. The minimum atomic E-state index is -4.92. The number of amides is 1. The molecule has 0 spiro atoms. The van der Waals surface area contributed by atoms with Crippen LogP contribution in [0, 0.1) is 0 Å². The number of carbonyl (C=O) groups excluding carboxylic acids is 2. The molecule has 144 valence electrons. The molecule has 1 heterocycles. The van der Waals surface area contributed by atoms with E-state index in [0.29, 0.717) is 6.08 Å². The molecular weight excluding hydrogens is 343 g/mol. The summed E-state index contributed by atoms with van der Waals surface area (Å²) < 4.78 is 54.7. The van der Waals surface area contributed by atoms with Gasteiger partial charge in [0.1, 0.15) is 16.9 Å². The number of hydrogen-bond acceptors (Lipinski definition) is 5. The molecule has 1 aliphatic heterocycles. The van der Waals surface area contributed by atoms with Crippen LogP contribution in [0.4, 0.5) is 18.0 Å². The van der Waals surface area contributed by atoms with Crippen LogP contribution in [0.15, 0.2) is 11.6 Å². The van der Waals surface area contributed by atoms with E-state index >= 15 is 0 Å². The van der Waals surface area contributed by atoms with E-state index < -0.39 is 41.2 Å². The molecule has 0 unspecified atom stereocenters. The van der Waals surface area contributed by atoms with Crippen molar-refractivity contribution in [2.45, 2.75) is 65.1 Å². The predicted octanol–water partition coefficient (Wildman–Crippen LogP) is 3.41. The molecule has 1 rings (SSSR count). The van der Waals surface area contributed by atoms with E-state index in [9.17, 15) is 22.8 Å². The first-order valence-electron chi connectivity index (χ1n) is 7.81. The minimum Gasteiger partial charge on any atom is -0.462 e. The van der Waals surface area contributed by atoms with Crippen molar-refractivity contribution < 1.29 is 37.0 Å². The van der Waals surface area contributed by atoms with Crippen LogP contribution in [0.5, 0.6) is 0 Å². The van der Waals surface area contributed by atoms with Crippen LogP contribution in [-0.2, 0) is 19.0 Å². The predicted molar refractivity (Wildman–Crippen MR) is 82.7 cm³/mol. The van der Waals surface area contributed by atoms with Gasteiger partial charge in [0.05, 0.1) is 19.3 Å². The van der Waals surface area contributed by atoms with Crippen molar-refractivity contribution in [2.75, 3.05) is 13.2 Å². The highest BCUT2D eigenvalue weighted by atomic mass is 19.4. The van der Waals surface area contributed by atoms with Gasteiger partial charge in [0.25, 0.3) is 0 Å². The smallest absolute Gasteiger partial charge is 0.423 e. The lowest BCUT2D eigenvalue weighted by Crippen LogP contribution is -2.49. The van der Waals surface area contributed by atoms with Crippen molar-refractivity contribution in [2.24, 2.45) is 0 Å². The number of alkyl halides is 3. The Bertz CT molecular complexity index is 549. The zero-order valence-electron chi connectivity index (χ0n) is 15.2. The van der Waals surface area contributed by atoms with Crippen molar-refractivity contribution in [1.29, 1.82) is 0 Å². The summed E-state index contributed by atoms with van der Waals surface area (Å²) in [5.41, 5.74) is -3.50. The number of ether oxygens (including phenoxy) is 3. The summed E-state index contributed by atoms with van der Waals surface area (Å²) in [5.74, 6) is -1.50. The third-order valence-electron chi connectivity index (χ3n) is 3.27. The lowest BCUT2D eigenvalue weighted by Gasteiger charge is -2.34. The third kappa shape index (κ3) is 5.62. The summed E-state index contributed by atoms with van der Waals surface area (Å²) in [4.78, 5) is 25.1. The maximum atomic E-state index is 13.2. The molecule has 1 aliphatic rings. The molecule has 9 heteroatoms. The van der Waals surface area contributed by atoms with Crippen molar-refractivity contribution in [1.82, 2.24) is 4.90 Å². The van der Waals surface area contributed by atoms with Gasteiger partial charge in [-0.05, 0) is 47.6 Å². The molecule has 1 fully saturated rings. The molecule has 0 bridgehead atoms. The molecule has 0 saturated carbocycles. The van der Waals surface area contributed by atoms with Gasteiger partial charge in [0.15, 0.2) is 0 Å². The van der Waals surface area contributed by atoms with E-state index in [4.69, 9.17) is 9.47 Å². The first-order chi connectivity index (χ1) is 11.2. The van der Waals surface area contributed by atoms with E-state index in [2.05, 4.69) is 4.74 Å². The SMILES string of the molecule is CCOC(=O)C(=C[C@@H]1COC(C)(C)N1C(=O)OC(C)(C)C)C(F)(F)F. The van der Waals surface area contributed by atoms with Crippen LogP contribution < -0.4 is 0 Å². The zero-order chi connectivity index (χ0) is 19.6. The second-order valence-corrected chi connectivity index (χ2v) is 6.97. The Labute approximate surface area is 144 Å². The quantitative estimate of drug-likeness (QED) is 0.565. The average Bonchev–Trinajstić information content (AvgIpc) is 2.67. The fraction of sp³-hybridized carbons (Fsp3) is 0.750. The number of esters is 1. The molecular formula is C16H24F3NO5. The molecule has 6 nitrogen and oxygen atoms in total. The van der Waals surface area contributed by atoms with Crippen molar-refractivity contribution in [3.05, 3.63) is 11.6 Å². The van der Waals surface area contributed by atoms with Gasteiger partial charge in [-0.1, -0.05) is 0 Å². The number of nitrogens with zero attached hydrogens (tertiary/aromatic N) is 1. The summed E-state index contributed by atoms with van der Waals surface area (Å²) in [6, 6.07) is -1.12. The maximum absolute atomic E-state index is 13.2. The molecule has 25 heavy (non-hydrogen) atoms. The fourth-order valence-corrected chi connectivity index (χ4v) is 2.30. The molecule has 1 saturated heterocycles. The summed E-state index contributed by atoms with van der Waals surface area (Å²) in [6.45, 7) is 8.98. The standard InChI is InChI=1S/C16H24F3NO5/c1-7-23-12(21)11(16(17,18)19)8-10-9-24-15(5,6)20(10)13(22)25-14(2,3)4/h8,10H,7,9H2,1-6H3/t10-/m1/s1. The highest BCUT2D eigenvalue weighted by Gasteiger charge is 2.48. The van der Waals surface area contributed by atoms with Crippen LogP contribution in [0.25, 0.3) is 0 Å². The molecule has 0 N–H and O–H groups in total. The normalized spacial score (nSPS) is 21.2. The highest BCUT2D eigenvalue weighted by molar-refractivity contribution is 5.90. The van der Waals surface area contributed by atoms with Crippen molar-refractivity contribution >= 4 is 12.1 Å². The minimum absolute atomic E-state index is 0.200. The Balaban J connectivity index is 3.22. The second kappa shape index (κ2) is 7.23. The Morgan fingerprint density at radius 3 is 2.28 bits per heavy atom. The van der Waals surface area contributed by atoms with Crippen LogP contribution in [0.3, 0.4) is 0 Å². The summed E-state index contributed by atoms with van der Waals surface area (Å²) in [7, 11) is 0. The largest absolute Gasteiger partial charge is 0.462 e. The summed E-state index contributed by atoms with van der Waals surface area (Å²) in [6.07, 6.45) is -5.10. The van der Waals surface area contributed by atoms with E-state index in [1.54, 1.807) is 20.8 Å². The molecule has 0 aromatic heterocycles. The number of rotatable bonds is 3. The van der Waals surface area contributed by atoms with Gasteiger partial charge in [0.2, 0.25) is 0 Å². The molecule has 0 aliphatic carbocycles. The van der Waals surface area contributed by atoms with E-state index in [-0.39, 0.29) is 13.2 Å².